The topological polar surface area (TPSA) is 279 Å². The highest BCUT2D eigenvalue weighted by atomic mass is 32.2. The van der Waals surface area contributed by atoms with Crippen LogP contribution >= 0.6 is 0 Å². The lowest BCUT2D eigenvalue weighted by Crippen LogP contribution is -2.29. The Morgan fingerprint density at radius 1 is 0.730 bits per heavy atom. The van der Waals surface area contributed by atoms with E-state index in [1.165, 1.54) is 86.0 Å². The first-order chi connectivity index (χ1) is 30.0. The Hall–Kier alpha value is -8.17. The van der Waals surface area contributed by atoms with Crippen molar-refractivity contribution in [1.29, 1.82) is 5.26 Å². The Morgan fingerprint density at radius 3 is 1.84 bits per heavy atom. The number of hydrogen-bond acceptors (Lipinski definition) is 13. The molecule has 3 amide bonds. The minimum atomic E-state index is -4.08. The first-order valence-electron chi connectivity index (χ1n) is 18.7. The molecule has 324 valence electrons. The van der Waals surface area contributed by atoms with Crippen molar-refractivity contribution in [3.63, 3.8) is 0 Å². The molecule has 0 radical (unpaired) electrons. The quantitative estimate of drug-likeness (QED) is 0.0514. The largest absolute Gasteiger partial charge is 0.508 e. The molecule has 0 saturated carbocycles. The first-order valence-corrected chi connectivity index (χ1v) is 20.4. The number of rotatable bonds is 17. The number of aromatic carboxylic acids is 1. The van der Waals surface area contributed by atoms with Crippen molar-refractivity contribution in [1.82, 2.24) is 0 Å². The highest BCUT2D eigenvalue weighted by Gasteiger charge is 2.28. The summed E-state index contributed by atoms with van der Waals surface area (Å²) in [7, 11) is -1.74. The number of ether oxygens (including phenoxy) is 2. The van der Waals surface area contributed by atoms with E-state index in [1.807, 2.05) is 6.07 Å². The minimum Gasteiger partial charge on any atom is -0.508 e. The van der Waals surface area contributed by atoms with Gasteiger partial charge in [0.05, 0.1) is 53.8 Å². The summed E-state index contributed by atoms with van der Waals surface area (Å²) in [6, 6.07) is 24.0. The third-order valence-electron chi connectivity index (χ3n) is 9.55. The van der Waals surface area contributed by atoms with E-state index in [1.54, 1.807) is 25.1 Å². The number of methoxy groups -OCH3 is 2. The fourth-order valence-corrected chi connectivity index (χ4v) is 7.72. The smallest absolute Gasteiger partial charge is 0.339 e. The van der Waals surface area contributed by atoms with Gasteiger partial charge in [-0.3, -0.25) is 19.2 Å². The minimum absolute atomic E-state index is 0.00699. The number of sulfone groups is 1. The van der Waals surface area contributed by atoms with Crippen LogP contribution < -0.4 is 25.4 Å². The van der Waals surface area contributed by atoms with Crippen LogP contribution in [0.1, 0.15) is 55.5 Å². The summed E-state index contributed by atoms with van der Waals surface area (Å²) in [6.07, 6.45) is 1.26. The monoisotopic (exact) mass is 876 g/mol. The molecule has 0 fully saturated rings. The molecule has 0 aromatic heterocycles. The SMILES string of the molecule is COc1c(NC(=O)c2ccc(NC(=O)c3ccc(NC(=O)[C@H](CC#N)CS(=O)(=O)c4ccc(CC(=O)/C(C)=C/c5ccc(O)cc5)cc4)cc3)c(OC)c2O)ccc(C(=O)O)c1O. The lowest BCUT2D eigenvalue weighted by Gasteiger charge is -2.16. The van der Waals surface area contributed by atoms with Gasteiger partial charge in [0.2, 0.25) is 5.91 Å². The van der Waals surface area contributed by atoms with E-state index in [0.717, 1.165) is 18.7 Å². The average molecular weight is 877 g/mol. The Balaban J connectivity index is 1.20. The van der Waals surface area contributed by atoms with Crippen molar-refractivity contribution in [3.05, 3.63) is 130 Å². The molecule has 5 aromatic carbocycles. The van der Waals surface area contributed by atoms with Gasteiger partial charge in [0.15, 0.2) is 38.6 Å². The molecule has 0 aliphatic heterocycles. The van der Waals surface area contributed by atoms with E-state index in [2.05, 4.69) is 16.0 Å². The number of phenolic OH excluding ortho intramolecular Hbond substituents is 2. The van der Waals surface area contributed by atoms with Gasteiger partial charge >= 0.3 is 5.97 Å². The van der Waals surface area contributed by atoms with Crippen LogP contribution in [0.4, 0.5) is 17.1 Å². The number of carboxylic acid groups (broad SMARTS) is 1. The lowest BCUT2D eigenvalue weighted by atomic mass is 10.0. The lowest BCUT2D eigenvalue weighted by molar-refractivity contribution is -0.119. The number of carbonyl (C=O) groups is 5. The molecule has 0 unspecified atom stereocenters. The maximum Gasteiger partial charge on any atom is 0.339 e. The molecule has 0 spiro atoms. The Bertz CT molecular complexity index is 2760. The predicted octanol–water partition coefficient (Wildman–Crippen LogP) is 6.18. The molecule has 0 saturated heterocycles. The highest BCUT2D eigenvalue weighted by Crippen LogP contribution is 2.40. The van der Waals surface area contributed by atoms with Crippen molar-refractivity contribution in [3.8, 4) is 34.8 Å². The van der Waals surface area contributed by atoms with Gasteiger partial charge in [-0.15, -0.1) is 0 Å². The Morgan fingerprint density at radius 2 is 1.29 bits per heavy atom. The number of benzene rings is 5. The van der Waals surface area contributed by atoms with Gasteiger partial charge in [0.1, 0.15) is 11.3 Å². The van der Waals surface area contributed by atoms with E-state index in [4.69, 9.17) is 9.47 Å². The third-order valence-corrected chi connectivity index (χ3v) is 11.4. The number of ketones is 1. The van der Waals surface area contributed by atoms with Crippen LogP contribution in [0.25, 0.3) is 6.08 Å². The van der Waals surface area contributed by atoms with E-state index in [0.29, 0.717) is 11.1 Å². The van der Waals surface area contributed by atoms with Crippen molar-refractivity contribution < 1.29 is 62.3 Å². The van der Waals surface area contributed by atoms with Gasteiger partial charge in [-0.2, -0.15) is 5.26 Å². The number of Topliss-reactive ketones (excluding diaryl/α,β-unsaturated/α-hetero) is 1. The van der Waals surface area contributed by atoms with E-state index >= 15 is 0 Å². The fraction of sp³-hybridized carbons (Fsp3) is 0.156. The highest BCUT2D eigenvalue weighted by molar-refractivity contribution is 7.91. The second-order valence-electron chi connectivity index (χ2n) is 13.9. The molecule has 0 aliphatic carbocycles. The molecule has 5 aromatic rings. The number of hydrogen-bond donors (Lipinski definition) is 7. The van der Waals surface area contributed by atoms with Gasteiger partial charge in [-0.25, -0.2) is 13.2 Å². The number of anilines is 3. The molecule has 7 N–H and O–H groups in total. The van der Waals surface area contributed by atoms with Gasteiger partial charge in [0, 0.05) is 24.1 Å². The summed E-state index contributed by atoms with van der Waals surface area (Å²) in [5.74, 6) is -7.84. The van der Waals surface area contributed by atoms with Crippen LogP contribution in [0, 0.1) is 17.2 Å². The molecule has 0 heterocycles. The van der Waals surface area contributed by atoms with Crippen molar-refractivity contribution in [2.45, 2.75) is 24.7 Å². The first kappa shape index (κ1) is 45.9. The summed E-state index contributed by atoms with van der Waals surface area (Å²) in [4.78, 5) is 63.7. The van der Waals surface area contributed by atoms with E-state index in [9.17, 15) is 58.1 Å². The number of carboxylic acids is 1. The van der Waals surface area contributed by atoms with Crippen LogP contribution in [-0.2, 0) is 25.8 Å². The third kappa shape index (κ3) is 11.2. The summed E-state index contributed by atoms with van der Waals surface area (Å²) in [6.45, 7) is 1.66. The normalized spacial score (nSPS) is 11.7. The summed E-state index contributed by atoms with van der Waals surface area (Å²) >= 11 is 0. The predicted molar refractivity (Wildman–Crippen MR) is 230 cm³/mol. The van der Waals surface area contributed by atoms with Crippen LogP contribution in [0.2, 0.25) is 0 Å². The Labute approximate surface area is 360 Å². The van der Waals surface area contributed by atoms with Crippen LogP contribution in [-0.4, -0.2) is 78.3 Å². The number of allylic oxidation sites excluding steroid dienone is 1. The number of nitrogens with zero attached hydrogens (tertiary/aromatic N) is 1. The molecule has 1 atom stereocenters. The number of nitriles is 1. The zero-order chi connectivity index (χ0) is 46.0. The molecule has 63 heavy (non-hydrogen) atoms. The zero-order valence-electron chi connectivity index (χ0n) is 33.8. The maximum absolute atomic E-state index is 13.4. The number of amides is 3. The summed E-state index contributed by atoms with van der Waals surface area (Å²) < 4.78 is 37.1. The van der Waals surface area contributed by atoms with E-state index < -0.39 is 68.7 Å². The van der Waals surface area contributed by atoms with Crippen LogP contribution in [0.15, 0.2) is 108 Å². The van der Waals surface area contributed by atoms with Crippen molar-refractivity contribution >= 4 is 62.4 Å². The van der Waals surface area contributed by atoms with E-state index in [-0.39, 0.29) is 62.5 Å². The fourth-order valence-electron chi connectivity index (χ4n) is 6.18. The van der Waals surface area contributed by atoms with Gasteiger partial charge in [-0.05, 0) is 102 Å². The molecule has 18 heteroatoms. The molecule has 0 aliphatic rings. The van der Waals surface area contributed by atoms with Crippen LogP contribution in [0.3, 0.4) is 0 Å². The second kappa shape index (κ2) is 19.9. The zero-order valence-corrected chi connectivity index (χ0v) is 34.6. The number of nitrogens with one attached hydrogen (secondary N) is 3. The maximum atomic E-state index is 13.4. The van der Waals surface area contributed by atoms with Crippen molar-refractivity contribution in [2.24, 2.45) is 5.92 Å². The van der Waals surface area contributed by atoms with Gasteiger partial charge in [-0.1, -0.05) is 24.3 Å². The van der Waals surface area contributed by atoms with Crippen molar-refractivity contribution in [2.75, 3.05) is 35.9 Å². The van der Waals surface area contributed by atoms with Gasteiger partial charge < -0.3 is 45.9 Å². The molecular formula is C45H40N4O13S. The molecule has 5 rings (SSSR count). The summed E-state index contributed by atoms with van der Waals surface area (Å²) in [5, 5.41) is 56.9. The molecule has 17 nitrogen and oxygen atoms in total. The number of carbonyl (C=O) groups excluding carboxylic acids is 4. The molecular weight excluding hydrogens is 837 g/mol. The number of aromatic hydroxyl groups is 3. The number of phenols is 3. The van der Waals surface area contributed by atoms with Gasteiger partial charge in [0.25, 0.3) is 11.8 Å². The molecule has 0 bridgehead atoms. The Kier molecular flexibility index (Phi) is 14.5. The standard InChI is InChI=1S/C45H40N4O13S/c1-25(22-26-4-12-31(50)13-5-26)37(51)23-27-6-14-32(15-7-27)63(59,60)24-29(20-21-46)43(55)47-30-10-8-28(9-11-30)42(54)48-35-18-16-33(38(52)40(35)61-2)44(56)49-36-19-17-34(45(57)58)39(53)41(36)62-3/h4-19,22,29,50,52-53H,20,23-24H2,1-3H3,(H,47,55)(H,48,54)(H,49,56)(H,57,58)/b25-22+/t29-/m1/s1. The average Bonchev–Trinajstić information content (AvgIpc) is 3.24. The summed E-state index contributed by atoms with van der Waals surface area (Å²) in [5.41, 5.74) is 1.10. The second-order valence-corrected chi connectivity index (χ2v) is 15.9. The van der Waals surface area contributed by atoms with Crippen LogP contribution in [0.5, 0.6) is 28.7 Å².